The molecule has 0 bridgehead atoms. The van der Waals surface area contributed by atoms with Crippen LogP contribution in [0.4, 0.5) is 0 Å². The van der Waals surface area contributed by atoms with Crippen molar-refractivity contribution >= 4 is 17.5 Å². The van der Waals surface area contributed by atoms with E-state index in [1.54, 1.807) is 0 Å². The number of allylic oxidation sites excluding steroid dienone is 1. The van der Waals surface area contributed by atoms with E-state index in [-0.39, 0.29) is 11.9 Å². The van der Waals surface area contributed by atoms with E-state index in [1.807, 2.05) is 29.2 Å². The first-order valence-corrected chi connectivity index (χ1v) is 9.12. The van der Waals surface area contributed by atoms with E-state index in [0.29, 0.717) is 6.54 Å². The molecule has 2 nitrogen and oxygen atoms in total. The van der Waals surface area contributed by atoms with E-state index < -0.39 is 0 Å². The Hall–Kier alpha value is -1.28. The van der Waals surface area contributed by atoms with Gasteiger partial charge in [-0.15, -0.1) is 0 Å². The predicted molar refractivity (Wildman–Crippen MR) is 99.7 cm³/mol. The summed E-state index contributed by atoms with van der Waals surface area (Å²) in [4.78, 5) is 14.9. The topological polar surface area (TPSA) is 20.3 Å². The maximum absolute atomic E-state index is 13.0. The highest BCUT2D eigenvalue weighted by atomic mass is 35.5. The second-order valence-electron chi connectivity index (χ2n) is 6.21. The predicted octanol–water partition coefficient (Wildman–Crippen LogP) is 5.99. The largest absolute Gasteiger partial charge is 0.332 e. The average Bonchev–Trinajstić information content (AvgIpc) is 2.52. The molecular weight excluding hydrogens is 306 g/mol. The van der Waals surface area contributed by atoms with Crippen LogP contribution in [-0.2, 0) is 11.3 Å². The molecule has 0 spiro atoms. The summed E-state index contributed by atoms with van der Waals surface area (Å²) in [5.74, 6) is 0.151. The number of unbranched alkanes of at least 4 members (excludes halogenated alkanes) is 2. The summed E-state index contributed by atoms with van der Waals surface area (Å²) in [5.41, 5.74) is 1.95. The van der Waals surface area contributed by atoms with Crippen molar-refractivity contribution in [2.75, 3.05) is 0 Å². The van der Waals surface area contributed by atoms with Crippen molar-refractivity contribution in [1.82, 2.24) is 4.90 Å². The van der Waals surface area contributed by atoms with Crippen LogP contribution < -0.4 is 0 Å². The van der Waals surface area contributed by atoms with Crippen molar-refractivity contribution in [2.24, 2.45) is 0 Å². The van der Waals surface area contributed by atoms with E-state index in [2.05, 4.69) is 33.8 Å². The van der Waals surface area contributed by atoms with Gasteiger partial charge in [0.15, 0.2) is 0 Å². The van der Waals surface area contributed by atoms with Gasteiger partial charge in [0.1, 0.15) is 0 Å². The van der Waals surface area contributed by atoms with Gasteiger partial charge in [-0.1, -0.05) is 62.6 Å². The molecule has 0 heterocycles. The molecule has 0 saturated heterocycles. The van der Waals surface area contributed by atoms with Crippen molar-refractivity contribution in [1.29, 1.82) is 0 Å². The molecule has 0 aliphatic carbocycles. The second kappa shape index (κ2) is 10.5. The van der Waals surface area contributed by atoms with Gasteiger partial charge >= 0.3 is 0 Å². The summed E-state index contributed by atoms with van der Waals surface area (Å²) in [6.45, 7) is 8.95. The molecule has 23 heavy (non-hydrogen) atoms. The zero-order valence-electron chi connectivity index (χ0n) is 14.9. The van der Waals surface area contributed by atoms with Gasteiger partial charge in [-0.2, -0.15) is 0 Å². The molecule has 3 heteroatoms. The second-order valence-corrected chi connectivity index (χ2v) is 6.62. The van der Waals surface area contributed by atoms with Gasteiger partial charge in [0, 0.05) is 23.2 Å². The lowest BCUT2D eigenvalue weighted by Gasteiger charge is -2.28. The van der Waals surface area contributed by atoms with Crippen LogP contribution >= 0.6 is 11.6 Å². The third-order valence-corrected chi connectivity index (χ3v) is 4.33. The van der Waals surface area contributed by atoms with Gasteiger partial charge in [0.05, 0.1) is 0 Å². The van der Waals surface area contributed by atoms with E-state index in [1.165, 1.54) is 12.8 Å². The Morgan fingerprint density at radius 3 is 2.48 bits per heavy atom. The van der Waals surface area contributed by atoms with Gasteiger partial charge in [-0.25, -0.2) is 0 Å². The fourth-order valence-electron chi connectivity index (χ4n) is 2.59. The van der Waals surface area contributed by atoms with Crippen LogP contribution in [0.25, 0.3) is 0 Å². The van der Waals surface area contributed by atoms with Crippen LogP contribution in [-0.4, -0.2) is 16.8 Å². The van der Waals surface area contributed by atoms with E-state index >= 15 is 0 Å². The number of carbonyl (C=O) groups is 1. The van der Waals surface area contributed by atoms with Crippen molar-refractivity contribution in [2.45, 2.75) is 72.4 Å². The van der Waals surface area contributed by atoms with Crippen LogP contribution in [0.2, 0.25) is 5.02 Å². The van der Waals surface area contributed by atoms with Gasteiger partial charge in [0.25, 0.3) is 0 Å². The summed E-state index contributed by atoms with van der Waals surface area (Å²) in [5, 5.41) is 0.720. The van der Waals surface area contributed by atoms with Crippen LogP contribution in [0, 0.1) is 0 Å². The Kier molecular flexibility index (Phi) is 9.01. The summed E-state index contributed by atoms with van der Waals surface area (Å²) >= 11 is 6.27. The Morgan fingerprint density at radius 2 is 1.91 bits per heavy atom. The normalized spacial score (nSPS) is 11.8. The molecule has 1 aromatic carbocycles. The van der Waals surface area contributed by atoms with Crippen LogP contribution in [0.5, 0.6) is 0 Å². The average molecular weight is 336 g/mol. The quantitative estimate of drug-likeness (QED) is 0.400. The van der Waals surface area contributed by atoms with Crippen molar-refractivity contribution < 1.29 is 4.79 Å². The third kappa shape index (κ3) is 6.39. The summed E-state index contributed by atoms with van der Waals surface area (Å²) in [7, 11) is 0. The molecule has 0 atom stereocenters. The molecule has 0 N–H and O–H groups in total. The molecule has 0 aromatic heterocycles. The molecular formula is C20H30ClNO. The molecule has 128 valence electrons. The van der Waals surface area contributed by atoms with Crippen molar-refractivity contribution in [3.63, 3.8) is 0 Å². The van der Waals surface area contributed by atoms with Gasteiger partial charge in [0.2, 0.25) is 5.91 Å². The first-order chi connectivity index (χ1) is 11.0. The summed E-state index contributed by atoms with van der Waals surface area (Å²) in [6.07, 6.45) is 7.26. The smallest absolute Gasteiger partial charge is 0.249 e. The summed E-state index contributed by atoms with van der Waals surface area (Å²) < 4.78 is 0. The Bertz CT molecular complexity index is 522. The fraction of sp³-hybridized carbons (Fsp3) is 0.550. The van der Waals surface area contributed by atoms with Gasteiger partial charge < -0.3 is 4.90 Å². The summed E-state index contributed by atoms with van der Waals surface area (Å²) in [6, 6.07) is 7.90. The first-order valence-electron chi connectivity index (χ1n) is 8.74. The molecule has 0 saturated carbocycles. The van der Waals surface area contributed by atoms with E-state index in [4.69, 9.17) is 11.6 Å². The Labute approximate surface area is 146 Å². The van der Waals surface area contributed by atoms with E-state index in [0.717, 1.165) is 35.4 Å². The molecule has 1 aromatic rings. The lowest BCUT2D eigenvalue weighted by atomic mass is 10.0. The maximum Gasteiger partial charge on any atom is 0.249 e. The standard InChI is InChI=1S/C20H30ClNO/c1-5-7-8-12-17(11-6-2)20(23)22(16(3)4)15-18-13-9-10-14-19(18)21/h9-11,13-14,16H,5-8,12,15H2,1-4H3. The number of halogens is 1. The number of benzene rings is 1. The van der Waals surface area contributed by atoms with Crippen LogP contribution in [0.3, 0.4) is 0 Å². The zero-order valence-corrected chi connectivity index (χ0v) is 15.7. The Balaban J connectivity index is 2.91. The van der Waals surface area contributed by atoms with Crippen molar-refractivity contribution in [3.05, 3.63) is 46.5 Å². The van der Waals surface area contributed by atoms with Gasteiger partial charge in [-0.3, -0.25) is 4.79 Å². The maximum atomic E-state index is 13.0. The monoisotopic (exact) mass is 335 g/mol. The number of carbonyl (C=O) groups excluding carboxylic acids is 1. The minimum absolute atomic E-state index is 0.144. The van der Waals surface area contributed by atoms with Crippen LogP contribution in [0.1, 0.15) is 65.4 Å². The number of hydrogen-bond acceptors (Lipinski definition) is 1. The highest BCUT2D eigenvalue weighted by molar-refractivity contribution is 6.31. The third-order valence-electron chi connectivity index (χ3n) is 3.96. The zero-order chi connectivity index (χ0) is 17.2. The molecule has 0 aliphatic rings. The molecule has 0 radical (unpaired) electrons. The lowest BCUT2D eigenvalue weighted by Crippen LogP contribution is -2.37. The number of amides is 1. The Morgan fingerprint density at radius 1 is 1.22 bits per heavy atom. The number of rotatable bonds is 9. The lowest BCUT2D eigenvalue weighted by molar-refractivity contribution is -0.129. The fourth-order valence-corrected chi connectivity index (χ4v) is 2.79. The van der Waals surface area contributed by atoms with E-state index in [9.17, 15) is 4.79 Å². The molecule has 1 amide bonds. The minimum Gasteiger partial charge on any atom is -0.332 e. The molecule has 0 unspecified atom stereocenters. The number of hydrogen-bond donors (Lipinski definition) is 0. The molecule has 0 fully saturated rings. The SMILES string of the molecule is CCC=C(CCCCC)C(=O)N(Cc1ccccc1Cl)C(C)C. The van der Waals surface area contributed by atoms with Crippen molar-refractivity contribution in [3.8, 4) is 0 Å². The molecule has 1 rings (SSSR count). The minimum atomic E-state index is 0.144. The highest BCUT2D eigenvalue weighted by Crippen LogP contribution is 2.21. The number of nitrogens with zero attached hydrogens (tertiary/aromatic N) is 1. The highest BCUT2D eigenvalue weighted by Gasteiger charge is 2.21. The molecule has 0 aliphatic heterocycles. The van der Waals surface area contributed by atoms with Gasteiger partial charge in [-0.05, 0) is 44.7 Å². The van der Waals surface area contributed by atoms with Crippen LogP contribution in [0.15, 0.2) is 35.9 Å². The first kappa shape index (κ1) is 19.8.